The lowest BCUT2D eigenvalue weighted by Gasteiger charge is -2.29. The van der Waals surface area contributed by atoms with Gasteiger partial charge in [-0.3, -0.25) is 9.59 Å². The van der Waals surface area contributed by atoms with Crippen LogP contribution >= 0.6 is 0 Å². The van der Waals surface area contributed by atoms with E-state index < -0.39 is 5.79 Å². The Balaban J connectivity index is 2.43. The Labute approximate surface area is 367 Å². The van der Waals surface area contributed by atoms with Gasteiger partial charge in [-0.15, -0.1) is 0 Å². The number of carbonyl (C=O) groups is 2. The van der Waals surface area contributed by atoms with Crippen LogP contribution in [0.5, 0.6) is 0 Å². The Hall–Kier alpha value is -1.18. The summed E-state index contributed by atoms with van der Waals surface area (Å²) in [5.74, 6) is -0.551. The highest BCUT2D eigenvalue weighted by Gasteiger charge is 2.40. The average molecular weight is 836 g/mol. The van der Waals surface area contributed by atoms with E-state index in [-0.39, 0.29) is 24.1 Å². The van der Waals surface area contributed by atoms with Crippen molar-refractivity contribution in [1.82, 2.24) is 4.90 Å². The van der Waals surface area contributed by atoms with E-state index >= 15 is 0 Å². The molecule has 0 aliphatic carbocycles. The summed E-state index contributed by atoms with van der Waals surface area (Å²) in [6, 6.07) is 0.530. The van der Waals surface area contributed by atoms with Crippen LogP contribution in [0, 0.1) is 0 Å². The average Bonchev–Trinajstić information content (AvgIpc) is 3.63. The van der Waals surface area contributed by atoms with Crippen LogP contribution in [0.15, 0.2) is 0 Å². The van der Waals surface area contributed by atoms with Crippen molar-refractivity contribution in [3.05, 3.63) is 0 Å². The van der Waals surface area contributed by atoms with Crippen molar-refractivity contribution < 1.29 is 28.5 Å². The van der Waals surface area contributed by atoms with E-state index in [1.54, 1.807) is 0 Å². The molecule has 0 aromatic carbocycles. The molecular weight excluding hydrogens is 735 g/mol. The summed E-state index contributed by atoms with van der Waals surface area (Å²) in [5, 5.41) is 0. The monoisotopic (exact) mass is 836 g/mol. The molecule has 0 bridgehead atoms. The van der Waals surface area contributed by atoms with E-state index in [1.807, 2.05) is 0 Å². The molecule has 2 unspecified atom stereocenters. The van der Waals surface area contributed by atoms with Gasteiger partial charge in [-0.1, -0.05) is 169 Å². The molecule has 59 heavy (non-hydrogen) atoms. The zero-order chi connectivity index (χ0) is 43.1. The minimum atomic E-state index is -0.513. The first-order chi connectivity index (χ1) is 28.8. The minimum Gasteiger partial charge on any atom is -0.466 e. The lowest BCUT2D eigenvalue weighted by atomic mass is 9.99. The Kier molecular flexibility index (Phi) is 37.5. The molecule has 1 rings (SSSR count). The van der Waals surface area contributed by atoms with Crippen molar-refractivity contribution in [2.45, 2.75) is 297 Å². The summed E-state index contributed by atoms with van der Waals surface area (Å²) in [6.07, 6.45) is 41.0. The van der Waals surface area contributed by atoms with Gasteiger partial charge in [0.1, 0.15) is 6.10 Å². The highest BCUT2D eigenvalue weighted by Crippen LogP contribution is 2.36. The molecule has 0 aromatic heterocycles. The number of hydrogen-bond donors (Lipinski definition) is 0. The van der Waals surface area contributed by atoms with Crippen molar-refractivity contribution in [1.29, 1.82) is 0 Å². The van der Waals surface area contributed by atoms with Crippen LogP contribution in [0.25, 0.3) is 0 Å². The lowest BCUT2D eigenvalue weighted by molar-refractivity contribution is -0.180. The number of unbranched alkanes of at least 4 members (excludes halogenated alkanes) is 24. The molecule has 0 aromatic rings. The van der Waals surface area contributed by atoms with Crippen LogP contribution in [-0.2, 0) is 28.5 Å². The summed E-state index contributed by atoms with van der Waals surface area (Å²) in [7, 11) is 0. The maximum atomic E-state index is 12.9. The summed E-state index contributed by atoms with van der Waals surface area (Å²) in [6.45, 7) is 16.9. The largest absolute Gasteiger partial charge is 0.466 e. The van der Waals surface area contributed by atoms with Crippen molar-refractivity contribution in [2.75, 3.05) is 26.3 Å². The summed E-state index contributed by atoms with van der Waals surface area (Å²) >= 11 is 0. The van der Waals surface area contributed by atoms with Gasteiger partial charge in [0.15, 0.2) is 5.79 Å². The Bertz CT molecular complexity index is 928. The van der Waals surface area contributed by atoms with Gasteiger partial charge >= 0.3 is 11.9 Å². The van der Waals surface area contributed by atoms with Crippen LogP contribution in [0.3, 0.4) is 0 Å². The van der Waals surface area contributed by atoms with Crippen molar-refractivity contribution in [3.63, 3.8) is 0 Å². The van der Waals surface area contributed by atoms with Gasteiger partial charge in [-0.25, -0.2) is 0 Å². The Morgan fingerprint density at radius 1 is 0.576 bits per heavy atom. The van der Waals surface area contributed by atoms with Crippen LogP contribution in [0.1, 0.15) is 273 Å². The van der Waals surface area contributed by atoms with Crippen LogP contribution in [0.2, 0.25) is 0 Å². The molecule has 0 saturated carbocycles. The van der Waals surface area contributed by atoms with Gasteiger partial charge in [-0.05, 0) is 84.6 Å². The lowest BCUT2D eigenvalue weighted by Crippen LogP contribution is -2.35. The Morgan fingerprint density at radius 3 is 1.53 bits per heavy atom. The minimum absolute atomic E-state index is 0.0101. The third kappa shape index (κ3) is 32.2. The van der Waals surface area contributed by atoms with E-state index in [0.717, 1.165) is 109 Å². The fourth-order valence-corrected chi connectivity index (χ4v) is 8.75. The first-order valence-corrected chi connectivity index (χ1v) is 26.2. The fraction of sp³-hybridized carbons (Fsp3) is 0.962. The molecule has 1 aliphatic heterocycles. The second-order valence-corrected chi connectivity index (χ2v) is 18.6. The van der Waals surface area contributed by atoms with E-state index in [2.05, 4.69) is 46.4 Å². The third-order valence-electron chi connectivity index (χ3n) is 12.7. The van der Waals surface area contributed by atoms with Crippen molar-refractivity contribution in [2.24, 2.45) is 0 Å². The molecule has 1 fully saturated rings. The number of ether oxygens (including phenoxy) is 4. The smallest absolute Gasteiger partial charge is 0.306 e. The number of carbonyl (C=O) groups excluding carboxylic acids is 2. The van der Waals surface area contributed by atoms with Gasteiger partial charge in [0.25, 0.3) is 0 Å². The summed E-state index contributed by atoms with van der Waals surface area (Å²) < 4.78 is 24.9. The number of rotatable bonds is 44. The molecule has 0 radical (unpaired) electrons. The first kappa shape index (κ1) is 55.8. The highest BCUT2D eigenvalue weighted by atomic mass is 16.7. The van der Waals surface area contributed by atoms with Gasteiger partial charge < -0.3 is 23.8 Å². The summed E-state index contributed by atoms with van der Waals surface area (Å²) in [5.41, 5.74) is 0. The molecule has 1 aliphatic rings. The maximum Gasteiger partial charge on any atom is 0.306 e. The normalized spacial score (nSPS) is 16.9. The molecule has 1 saturated heterocycles. The first-order valence-electron chi connectivity index (χ1n) is 26.2. The zero-order valence-corrected chi connectivity index (χ0v) is 40.4. The number of hydrogen-bond acceptors (Lipinski definition) is 7. The molecule has 0 N–H and O–H groups in total. The number of nitrogens with zero attached hydrogens (tertiary/aromatic N) is 1. The SMILES string of the molecule is CCCCCCCCCCCOC(=O)CCCCCC1(CCCCCCCC(=O)OC(CCCCCCCC)CCCCCCCC)OCC(CCN(CC)C(C)C)O1. The Morgan fingerprint density at radius 2 is 1.02 bits per heavy atom. The van der Waals surface area contributed by atoms with Gasteiger partial charge in [0, 0.05) is 38.3 Å². The predicted octanol–water partition coefficient (Wildman–Crippen LogP) is 15.4. The zero-order valence-electron chi connectivity index (χ0n) is 40.4. The summed E-state index contributed by atoms with van der Waals surface area (Å²) in [4.78, 5) is 27.8. The van der Waals surface area contributed by atoms with Crippen LogP contribution < -0.4 is 0 Å². The molecule has 0 spiro atoms. The third-order valence-corrected chi connectivity index (χ3v) is 12.7. The molecular formula is C52H101NO6. The fourth-order valence-electron chi connectivity index (χ4n) is 8.75. The molecule has 1 heterocycles. The van der Waals surface area contributed by atoms with Crippen LogP contribution in [-0.4, -0.2) is 67.2 Å². The van der Waals surface area contributed by atoms with Gasteiger partial charge in [0.05, 0.1) is 19.3 Å². The molecule has 0 amide bonds. The predicted molar refractivity (Wildman–Crippen MR) is 250 cm³/mol. The van der Waals surface area contributed by atoms with E-state index in [9.17, 15) is 9.59 Å². The van der Waals surface area contributed by atoms with Crippen molar-refractivity contribution >= 4 is 11.9 Å². The van der Waals surface area contributed by atoms with Gasteiger partial charge in [-0.2, -0.15) is 0 Å². The van der Waals surface area contributed by atoms with E-state index in [4.69, 9.17) is 18.9 Å². The maximum absolute atomic E-state index is 12.9. The molecule has 7 nitrogen and oxygen atoms in total. The topological polar surface area (TPSA) is 74.3 Å². The standard InChI is InChI=1S/C52H101NO6/c1-7-11-14-17-20-21-22-28-36-45-56-50(54)39-33-29-35-43-52(57-46-49(59-52)41-44-53(10-4)47(5)6)42-34-27-23-26-32-40-51(55)58-48(37-30-24-18-15-12-8-2)38-31-25-19-16-13-9-3/h47-49H,7-46H2,1-6H3. The van der Waals surface area contributed by atoms with Crippen LogP contribution in [0.4, 0.5) is 0 Å². The second kappa shape index (κ2) is 39.7. The number of esters is 2. The van der Waals surface area contributed by atoms with Gasteiger partial charge in [0.2, 0.25) is 0 Å². The quantitative estimate of drug-likeness (QED) is 0.0447. The molecule has 2 atom stereocenters. The van der Waals surface area contributed by atoms with E-state index in [1.165, 1.54) is 122 Å². The molecule has 7 heteroatoms. The molecule has 350 valence electrons. The van der Waals surface area contributed by atoms with E-state index in [0.29, 0.717) is 32.1 Å². The second-order valence-electron chi connectivity index (χ2n) is 18.6. The van der Waals surface area contributed by atoms with Crippen molar-refractivity contribution in [3.8, 4) is 0 Å². The highest BCUT2D eigenvalue weighted by molar-refractivity contribution is 5.69.